The van der Waals surface area contributed by atoms with Crippen molar-refractivity contribution in [3.63, 3.8) is 0 Å². The molecule has 1 saturated carbocycles. The predicted molar refractivity (Wildman–Crippen MR) is 180 cm³/mol. The third-order valence-corrected chi connectivity index (χ3v) is 10.5. The van der Waals surface area contributed by atoms with E-state index in [-0.39, 0.29) is 47.5 Å². The monoisotopic (exact) mass is 675 g/mol. The summed E-state index contributed by atoms with van der Waals surface area (Å²) in [7, 11) is 1.53. The Morgan fingerprint density at radius 3 is 2.33 bits per heavy atom. The van der Waals surface area contributed by atoms with Gasteiger partial charge in [0.1, 0.15) is 28.6 Å². The Morgan fingerprint density at radius 1 is 1.04 bits per heavy atom. The van der Waals surface area contributed by atoms with Crippen molar-refractivity contribution in [1.82, 2.24) is 0 Å². The summed E-state index contributed by atoms with van der Waals surface area (Å²) in [6.07, 6.45) is 1.30. The first kappa shape index (κ1) is 35.7. The molecule has 3 aliphatic rings. The van der Waals surface area contributed by atoms with Gasteiger partial charge in [0, 0.05) is 23.0 Å². The van der Waals surface area contributed by atoms with E-state index in [0.717, 1.165) is 5.56 Å². The van der Waals surface area contributed by atoms with Crippen LogP contribution in [0.15, 0.2) is 47.2 Å². The van der Waals surface area contributed by atoms with E-state index >= 15 is 0 Å². The molecule has 11 heteroatoms. The number of nitrogens with two attached hydrogens (primary N) is 1. The molecule has 0 spiro atoms. The zero-order chi connectivity index (χ0) is 36.1. The lowest BCUT2D eigenvalue weighted by Crippen LogP contribution is -2.62. The molecule has 3 aliphatic carbocycles. The molecule has 6 N–H and O–H groups in total. The number of aryl methyl sites for hydroxylation is 1. The molecule has 1 fully saturated rings. The van der Waals surface area contributed by atoms with Crippen LogP contribution >= 0.6 is 0 Å². The number of hydrogen-bond donors (Lipinski definition) is 5. The number of carbonyl (C=O) groups excluding carboxylic acids is 4. The number of fused-ring (bicyclic) bond motifs is 3. The molecular formula is C38H45NO10. The lowest BCUT2D eigenvalue weighted by Gasteiger charge is -2.50. The molecule has 0 aliphatic heterocycles. The molecule has 1 unspecified atom stereocenters. The van der Waals surface area contributed by atoms with E-state index in [1.165, 1.54) is 13.2 Å². The zero-order valence-electron chi connectivity index (χ0n) is 28.7. The lowest BCUT2D eigenvalue weighted by atomic mass is 9.54. The van der Waals surface area contributed by atoms with Gasteiger partial charge in [0.15, 0.2) is 11.4 Å². The molecule has 1 amide bonds. The van der Waals surface area contributed by atoms with Crippen LogP contribution < -0.4 is 10.5 Å². The average molecular weight is 676 g/mol. The van der Waals surface area contributed by atoms with Crippen LogP contribution in [0.3, 0.4) is 0 Å². The highest BCUT2D eigenvalue weighted by atomic mass is 16.5. The summed E-state index contributed by atoms with van der Waals surface area (Å²) in [5.74, 6) is -8.18. The van der Waals surface area contributed by atoms with Crippen LogP contribution in [0, 0.1) is 35.5 Å². The SMILES string of the molecule is CCOC(=O)C(CCc1ccc(OC)c(-c2ccc(O)c3c2C[C@H]2C[C@H]4[C@H](C(C)C)C(=O)C(C(N)=O)=C(O)[C@@]4(O)C(=O)C2=C3O)c1)C(C)C. The van der Waals surface area contributed by atoms with E-state index in [1.54, 1.807) is 26.8 Å². The molecule has 0 radical (unpaired) electrons. The second kappa shape index (κ2) is 13.3. The second-order valence-corrected chi connectivity index (χ2v) is 14.0. The van der Waals surface area contributed by atoms with Crippen LogP contribution in [0.2, 0.25) is 0 Å². The van der Waals surface area contributed by atoms with Crippen molar-refractivity contribution in [2.45, 2.75) is 65.9 Å². The number of Topliss-reactive ketones (excluding diaryl/α,β-unsaturated/α-hetero) is 2. The number of phenols is 1. The van der Waals surface area contributed by atoms with Crippen LogP contribution in [0.5, 0.6) is 11.5 Å². The van der Waals surface area contributed by atoms with Crippen molar-refractivity contribution < 1.29 is 49.1 Å². The highest BCUT2D eigenvalue weighted by Crippen LogP contribution is 2.55. The fraction of sp³-hybridized carbons (Fsp3) is 0.474. The van der Waals surface area contributed by atoms with E-state index in [0.29, 0.717) is 41.9 Å². The number of phenolic OH excluding ortho intramolecular Hbond substituents is 1. The fourth-order valence-electron chi connectivity index (χ4n) is 8.15. The van der Waals surface area contributed by atoms with Crippen molar-refractivity contribution in [2.75, 3.05) is 13.7 Å². The third kappa shape index (κ3) is 5.77. The molecule has 0 heterocycles. The number of ketones is 2. The van der Waals surface area contributed by atoms with Crippen molar-refractivity contribution in [3.8, 4) is 22.6 Å². The number of carbonyl (C=O) groups is 4. The maximum atomic E-state index is 14.2. The molecule has 49 heavy (non-hydrogen) atoms. The third-order valence-electron chi connectivity index (χ3n) is 10.5. The number of ether oxygens (including phenoxy) is 2. The highest BCUT2D eigenvalue weighted by molar-refractivity contribution is 6.23. The second-order valence-electron chi connectivity index (χ2n) is 14.0. The minimum atomic E-state index is -2.67. The van der Waals surface area contributed by atoms with Gasteiger partial charge in [-0.15, -0.1) is 0 Å². The largest absolute Gasteiger partial charge is 0.508 e. The lowest BCUT2D eigenvalue weighted by molar-refractivity contribution is -0.155. The number of esters is 1. The number of aromatic hydroxyl groups is 1. The van der Waals surface area contributed by atoms with E-state index < -0.39 is 63.8 Å². The Kier molecular flexibility index (Phi) is 9.71. The fourth-order valence-corrected chi connectivity index (χ4v) is 8.15. The van der Waals surface area contributed by atoms with Gasteiger partial charge < -0.3 is 35.6 Å². The Balaban J connectivity index is 1.62. The van der Waals surface area contributed by atoms with Gasteiger partial charge in [-0.25, -0.2) is 0 Å². The molecule has 2 aromatic rings. The van der Waals surface area contributed by atoms with Gasteiger partial charge in [-0.05, 0) is 85.3 Å². The molecule has 5 rings (SSSR count). The smallest absolute Gasteiger partial charge is 0.309 e. The van der Waals surface area contributed by atoms with Gasteiger partial charge in [-0.1, -0.05) is 39.8 Å². The topological polar surface area (TPSA) is 194 Å². The van der Waals surface area contributed by atoms with Crippen LogP contribution in [0.4, 0.5) is 0 Å². The zero-order valence-corrected chi connectivity index (χ0v) is 28.7. The Morgan fingerprint density at radius 2 is 1.73 bits per heavy atom. The molecular weight excluding hydrogens is 630 g/mol. The van der Waals surface area contributed by atoms with Gasteiger partial charge in [0.25, 0.3) is 5.91 Å². The number of primary amides is 1. The van der Waals surface area contributed by atoms with Crippen LogP contribution in [0.1, 0.15) is 64.2 Å². The number of hydrogen-bond acceptors (Lipinski definition) is 10. The molecule has 0 saturated heterocycles. The number of benzene rings is 2. The molecule has 0 aromatic heterocycles. The van der Waals surface area contributed by atoms with Gasteiger partial charge in [-0.2, -0.15) is 0 Å². The molecule has 5 atom stereocenters. The maximum absolute atomic E-state index is 14.2. The Hall–Kier alpha value is -4.64. The maximum Gasteiger partial charge on any atom is 0.309 e. The summed E-state index contributed by atoms with van der Waals surface area (Å²) in [6.45, 7) is 9.49. The Labute approximate surface area is 285 Å². The standard InChI is InChI=1S/C38H45NO10/c1-7-49-37(46)21(17(2)3)10-8-19-9-13-27(48-6)23(14-19)22-11-12-26(40)30-24(22)15-20-16-25-28(18(4)5)32(41)31(36(39)45)35(44)38(25,47)34(43)29(20)33(30)42/h9,11-14,17-18,20-21,25,28,40,42,44,47H,7-8,10,15-16H2,1-6H3,(H2,39,45)/t20-,21?,25-,28-,38-/m0/s1. The van der Waals surface area contributed by atoms with E-state index in [1.807, 2.05) is 32.0 Å². The van der Waals surface area contributed by atoms with Gasteiger partial charge >= 0.3 is 5.97 Å². The number of amides is 1. The summed E-state index contributed by atoms with van der Waals surface area (Å²) in [5, 5.41) is 45.8. The normalized spacial score (nSPS) is 24.1. The summed E-state index contributed by atoms with van der Waals surface area (Å²) < 4.78 is 11.0. The first-order chi connectivity index (χ1) is 23.1. The van der Waals surface area contributed by atoms with Gasteiger partial charge in [0.05, 0.1) is 25.2 Å². The minimum absolute atomic E-state index is 0.000298. The predicted octanol–water partition coefficient (Wildman–Crippen LogP) is 4.75. The average Bonchev–Trinajstić information content (AvgIpc) is 3.02. The number of aliphatic hydroxyl groups is 3. The van der Waals surface area contributed by atoms with Crippen molar-refractivity contribution in [3.05, 3.63) is 63.9 Å². The van der Waals surface area contributed by atoms with Gasteiger partial charge in [-0.3, -0.25) is 19.2 Å². The van der Waals surface area contributed by atoms with Crippen molar-refractivity contribution >= 4 is 29.2 Å². The molecule has 262 valence electrons. The molecule has 11 nitrogen and oxygen atoms in total. The summed E-state index contributed by atoms with van der Waals surface area (Å²) >= 11 is 0. The van der Waals surface area contributed by atoms with Crippen molar-refractivity contribution in [1.29, 1.82) is 0 Å². The van der Waals surface area contributed by atoms with E-state index in [9.17, 15) is 39.6 Å². The number of aliphatic hydroxyl groups excluding tert-OH is 2. The summed E-state index contributed by atoms with van der Waals surface area (Å²) in [4.78, 5) is 52.5. The summed E-state index contributed by atoms with van der Waals surface area (Å²) in [6, 6.07) is 8.78. The van der Waals surface area contributed by atoms with Crippen LogP contribution in [-0.2, 0) is 36.8 Å². The van der Waals surface area contributed by atoms with Gasteiger partial charge in [0.2, 0.25) is 5.78 Å². The highest BCUT2D eigenvalue weighted by Gasteiger charge is 2.64. The quantitative estimate of drug-likeness (QED) is 0.173. The van der Waals surface area contributed by atoms with Crippen LogP contribution in [-0.4, -0.2) is 63.2 Å². The Bertz CT molecular complexity index is 1790. The first-order valence-corrected chi connectivity index (χ1v) is 16.8. The van der Waals surface area contributed by atoms with Crippen molar-refractivity contribution in [2.24, 2.45) is 41.2 Å². The van der Waals surface area contributed by atoms with Crippen LogP contribution in [0.25, 0.3) is 16.9 Å². The van der Waals surface area contributed by atoms with E-state index in [4.69, 9.17) is 15.2 Å². The first-order valence-electron chi connectivity index (χ1n) is 16.8. The molecule has 2 aromatic carbocycles. The van der Waals surface area contributed by atoms with E-state index in [2.05, 4.69) is 0 Å². The summed E-state index contributed by atoms with van der Waals surface area (Å²) in [5.41, 5.74) is 4.50. The number of rotatable bonds is 10. The molecule has 0 bridgehead atoms. The minimum Gasteiger partial charge on any atom is -0.508 e. The number of methoxy groups -OCH3 is 1.